The zero-order valence-electron chi connectivity index (χ0n) is 12.5. The molecule has 6 heteroatoms. The molecule has 0 spiro atoms. The van der Waals surface area contributed by atoms with Crippen LogP contribution in [0.15, 0.2) is 24.3 Å². The van der Waals surface area contributed by atoms with E-state index in [4.69, 9.17) is 5.73 Å². The zero-order chi connectivity index (χ0) is 16.3. The maximum absolute atomic E-state index is 13.0. The van der Waals surface area contributed by atoms with Gasteiger partial charge in [0.2, 0.25) is 5.91 Å². The summed E-state index contributed by atoms with van der Waals surface area (Å²) in [6, 6.07) is 6.74. The topological polar surface area (TPSA) is 55.1 Å². The van der Waals surface area contributed by atoms with E-state index < -0.39 is 23.9 Å². The van der Waals surface area contributed by atoms with Gasteiger partial charge in [-0.2, -0.15) is 13.2 Å². The van der Waals surface area contributed by atoms with Crippen LogP contribution in [0.25, 0.3) is 0 Å². The number of nitrogens with one attached hydrogen (secondary N) is 1. The van der Waals surface area contributed by atoms with Crippen LogP contribution in [0.3, 0.4) is 0 Å². The van der Waals surface area contributed by atoms with E-state index >= 15 is 0 Å². The second kappa shape index (κ2) is 6.69. The molecule has 0 bridgehead atoms. The first-order chi connectivity index (χ1) is 10.3. The summed E-state index contributed by atoms with van der Waals surface area (Å²) in [5.41, 5.74) is 7.14. The number of amides is 1. The van der Waals surface area contributed by atoms with Gasteiger partial charge >= 0.3 is 6.18 Å². The lowest BCUT2D eigenvalue weighted by molar-refractivity contribution is -0.197. The maximum atomic E-state index is 13.0. The molecule has 0 aromatic heterocycles. The Hall–Kier alpha value is -1.56. The molecule has 1 aliphatic carbocycles. The van der Waals surface area contributed by atoms with Crippen molar-refractivity contribution in [2.45, 2.75) is 44.8 Å². The van der Waals surface area contributed by atoms with Gasteiger partial charge in [-0.3, -0.25) is 4.79 Å². The maximum Gasteiger partial charge on any atom is 0.392 e. The van der Waals surface area contributed by atoms with E-state index in [1.54, 1.807) is 24.3 Å². The third kappa shape index (κ3) is 4.00. The van der Waals surface area contributed by atoms with Gasteiger partial charge < -0.3 is 11.1 Å². The highest BCUT2D eigenvalue weighted by molar-refractivity contribution is 5.92. The second-order valence-electron chi connectivity index (χ2n) is 5.94. The van der Waals surface area contributed by atoms with Gasteiger partial charge in [0.25, 0.3) is 0 Å². The van der Waals surface area contributed by atoms with Crippen LogP contribution in [0.2, 0.25) is 0 Å². The Balaban J connectivity index is 2.06. The summed E-state index contributed by atoms with van der Waals surface area (Å²) in [7, 11) is 0. The number of carbonyl (C=O) groups is 1. The van der Waals surface area contributed by atoms with Crippen LogP contribution in [0.5, 0.6) is 0 Å². The molecule has 22 heavy (non-hydrogen) atoms. The van der Waals surface area contributed by atoms with E-state index in [9.17, 15) is 18.0 Å². The Bertz CT molecular complexity index is 511. The van der Waals surface area contributed by atoms with Crippen molar-refractivity contribution in [3.63, 3.8) is 0 Å². The lowest BCUT2D eigenvalue weighted by Gasteiger charge is -2.32. The molecule has 3 N–H and O–H groups in total. The molecule has 1 aromatic carbocycles. The van der Waals surface area contributed by atoms with Gasteiger partial charge in [0.1, 0.15) is 0 Å². The molecule has 3 unspecified atom stereocenters. The van der Waals surface area contributed by atoms with Crippen LogP contribution in [0, 0.1) is 11.8 Å². The molecule has 3 nitrogen and oxygen atoms in total. The number of carbonyl (C=O) groups excluding carboxylic acids is 1. The number of hydrogen-bond donors (Lipinski definition) is 2. The number of anilines is 1. The molecule has 1 fully saturated rings. The Morgan fingerprint density at radius 1 is 1.23 bits per heavy atom. The molecule has 0 radical (unpaired) electrons. The predicted octanol–water partition coefficient (Wildman–Crippen LogP) is 4.01. The molecule has 122 valence electrons. The molecule has 0 aliphatic heterocycles. The van der Waals surface area contributed by atoms with Crippen molar-refractivity contribution in [2.24, 2.45) is 17.6 Å². The lowest BCUT2D eigenvalue weighted by Crippen LogP contribution is -2.39. The second-order valence-corrected chi connectivity index (χ2v) is 5.94. The molecule has 1 amide bonds. The normalized spacial score (nSPS) is 23.9. The minimum absolute atomic E-state index is 0.0329. The molecule has 1 saturated carbocycles. The first-order valence-corrected chi connectivity index (χ1v) is 7.52. The van der Waals surface area contributed by atoms with Gasteiger partial charge in [0.15, 0.2) is 0 Å². The van der Waals surface area contributed by atoms with Gasteiger partial charge in [0.05, 0.1) is 5.92 Å². The summed E-state index contributed by atoms with van der Waals surface area (Å²) in [4.78, 5) is 12.2. The summed E-state index contributed by atoms with van der Waals surface area (Å²) in [5.74, 6) is -3.08. The van der Waals surface area contributed by atoms with Crippen LogP contribution in [-0.4, -0.2) is 12.1 Å². The molecule has 0 heterocycles. The number of hydrogen-bond acceptors (Lipinski definition) is 2. The Morgan fingerprint density at radius 2 is 1.82 bits per heavy atom. The van der Waals surface area contributed by atoms with Crippen molar-refractivity contribution in [3.05, 3.63) is 29.8 Å². The van der Waals surface area contributed by atoms with Gasteiger partial charge in [-0.15, -0.1) is 0 Å². The van der Waals surface area contributed by atoms with E-state index in [-0.39, 0.29) is 18.9 Å². The van der Waals surface area contributed by atoms with Gasteiger partial charge in [0, 0.05) is 17.6 Å². The van der Waals surface area contributed by atoms with Gasteiger partial charge in [-0.25, -0.2) is 0 Å². The highest BCUT2D eigenvalue weighted by Crippen LogP contribution is 2.41. The molecule has 1 aromatic rings. The standard InChI is InChI=1S/C16H21F3N2O/c1-10(20)11-6-8-12(9-7-11)21-15(22)13-4-2-3-5-14(13)16(17,18)19/h6-10,13-14H,2-5,20H2,1H3,(H,21,22). The molecule has 3 atom stereocenters. The van der Waals surface area contributed by atoms with E-state index in [1.807, 2.05) is 6.92 Å². The summed E-state index contributed by atoms with van der Waals surface area (Å²) in [5, 5.41) is 2.60. The van der Waals surface area contributed by atoms with E-state index in [0.29, 0.717) is 18.5 Å². The van der Waals surface area contributed by atoms with Crippen LogP contribution >= 0.6 is 0 Å². The van der Waals surface area contributed by atoms with Crippen molar-refractivity contribution in [3.8, 4) is 0 Å². The molecular weight excluding hydrogens is 293 g/mol. The third-order valence-electron chi connectivity index (χ3n) is 4.23. The van der Waals surface area contributed by atoms with E-state index in [1.165, 1.54) is 0 Å². The van der Waals surface area contributed by atoms with Gasteiger partial charge in [-0.05, 0) is 37.5 Å². The number of benzene rings is 1. The average molecular weight is 314 g/mol. The minimum Gasteiger partial charge on any atom is -0.326 e. The highest BCUT2D eigenvalue weighted by Gasteiger charge is 2.47. The van der Waals surface area contributed by atoms with Crippen molar-refractivity contribution in [1.29, 1.82) is 0 Å². The smallest absolute Gasteiger partial charge is 0.326 e. The van der Waals surface area contributed by atoms with Crippen molar-refractivity contribution >= 4 is 11.6 Å². The van der Waals surface area contributed by atoms with Crippen LogP contribution in [0.4, 0.5) is 18.9 Å². The summed E-state index contributed by atoms with van der Waals surface area (Å²) >= 11 is 0. The van der Waals surface area contributed by atoms with E-state index in [0.717, 1.165) is 5.56 Å². The molecule has 0 saturated heterocycles. The minimum atomic E-state index is -4.32. The van der Waals surface area contributed by atoms with Crippen molar-refractivity contribution in [1.82, 2.24) is 0 Å². The Kier molecular flexibility index (Phi) is 5.11. The van der Waals surface area contributed by atoms with Crippen LogP contribution < -0.4 is 11.1 Å². The zero-order valence-corrected chi connectivity index (χ0v) is 12.5. The van der Waals surface area contributed by atoms with Gasteiger partial charge in [-0.1, -0.05) is 25.0 Å². The fourth-order valence-electron chi connectivity index (χ4n) is 2.94. The van der Waals surface area contributed by atoms with E-state index in [2.05, 4.69) is 5.32 Å². The summed E-state index contributed by atoms with van der Waals surface area (Å²) < 4.78 is 39.1. The number of alkyl halides is 3. The lowest BCUT2D eigenvalue weighted by atomic mass is 9.78. The number of nitrogens with two attached hydrogens (primary N) is 1. The third-order valence-corrected chi connectivity index (χ3v) is 4.23. The van der Waals surface area contributed by atoms with Crippen molar-refractivity contribution < 1.29 is 18.0 Å². The number of rotatable bonds is 3. The quantitative estimate of drug-likeness (QED) is 0.885. The largest absolute Gasteiger partial charge is 0.392 e. The van der Waals surface area contributed by atoms with Crippen LogP contribution in [-0.2, 0) is 4.79 Å². The molecular formula is C16H21F3N2O. The predicted molar refractivity (Wildman–Crippen MR) is 79.2 cm³/mol. The van der Waals surface area contributed by atoms with Crippen LogP contribution in [0.1, 0.15) is 44.2 Å². The Morgan fingerprint density at radius 3 is 2.36 bits per heavy atom. The van der Waals surface area contributed by atoms with Crippen molar-refractivity contribution in [2.75, 3.05) is 5.32 Å². The highest BCUT2D eigenvalue weighted by atomic mass is 19.4. The Labute approximate surface area is 128 Å². The monoisotopic (exact) mass is 314 g/mol. The fourth-order valence-corrected chi connectivity index (χ4v) is 2.94. The molecule has 2 rings (SSSR count). The number of halogens is 3. The molecule has 1 aliphatic rings. The first kappa shape index (κ1) is 16.8. The first-order valence-electron chi connectivity index (χ1n) is 7.52. The SMILES string of the molecule is CC(N)c1ccc(NC(=O)C2CCCCC2C(F)(F)F)cc1. The average Bonchev–Trinajstić information content (AvgIpc) is 2.47. The summed E-state index contributed by atoms with van der Waals surface area (Å²) in [6.07, 6.45) is -2.81. The fraction of sp³-hybridized carbons (Fsp3) is 0.562. The summed E-state index contributed by atoms with van der Waals surface area (Å²) in [6.45, 7) is 1.84.